The molecule has 3 heteroatoms. The molecule has 1 atom stereocenters. The van der Waals surface area contributed by atoms with Gasteiger partial charge in [0, 0.05) is 12.8 Å². The molecule has 1 aromatic rings. The van der Waals surface area contributed by atoms with Gasteiger partial charge in [-0.1, -0.05) is 25.1 Å². The van der Waals surface area contributed by atoms with Crippen LogP contribution < -0.4 is 0 Å². The molecule has 0 spiro atoms. The third-order valence-corrected chi connectivity index (χ3v) is 2.12. The number of hydrogen-bond donors (Lipinski definition) is 0. The monoisotopic (exact) mass is 219 g/mol. The quantitative estimate of drug-likeness (QED) is 0.564. The third kappa shape index (κ3) is 3.85. The molecule has 0 bridgehead atoms. The van der Waals surface area contributed by atoms with Crippen LogP contribution in [0.2, 0.25) is 0 Å². The lowest BCUT2D eigenvalue weighted by atomic mass is 10.2. The van der Waals surface area contributed by atoms with E-state index in [0.717, 1.165) is 6.42 Å². The summed E-state index contributed by atoms with van der Waals surface area (Å²) < 4.78 is 5.30. The van der Waals surface area contributed by atoms with E-state index < -0.39 is 0 Å². The van der Waals surface area contributed by atoms with Crippen molar-refractivity contribution >= 4 is 12.2 Å². The molecule has 0 aromatic heterocycles. The summed E-state index contributed by atoms with van der Waals surface area (Å²) in [6, 6.07) is 8.99. The zero-order chi connectivity index (χ0) is 11.8. The summed E-state index contributed by atoms with van der Waals surface area (Å²) in [6.07, 6.45) is 2.20. The largest absolute Gasteiger partial charge is 0.453 e. The Hall–Kier alpha value is -1.64. The Labute approximate surface area is 96.2 Å². The summed E-state index contributed by atoms with van der Waals surface area (Å²) in [6.45, 7) is 4.62. The zero-order valence-electron chi connectivity index (χ0n) is 9.72. The van der Waals surface area contributed by atoms with Gasteiger partial charge >= 0.3 is 5.97 Å². The molecule has 0 radical (unpaired) electrons. The van der Waals surface area contributed by atoms with Crippen LogP contribution >= 0.6 is 0 Å². The normalized spacial score (nSPS) is 12.6. The van der Waals surface area contributed by atoms with E-state index in [-0.39, 0.29) is 12.1 Å². The van der Waals surface area contributed by atoms with Gasteiger partial charge in [-0.2, -0.15) is 0 Å². The fourth-order valence-corrected chi connectivity index (χ4v) is 1.22. The first kappa shape index (κ1) is 12.4. The van der Waals surface area contributed by atoms with E-state index in [2.05, 4.69) is 4.99 Å². The lowest BCUT2D eigenvalue weighted by Crippen LogP contribution is -2.19. The Kier molecular flexibility index (Phi) is 5.26. The van der Waals surface area contributed by atoms with Gasteiger partial charge in [-0.25, -0.2) is 4.79 Å². The van der Waals surface area contributed by atoms with Gasteiger partial charge in [0.15, 0.2) is 0 Å². The molecule has 16 heavy (non-hydrogen) atoms. The number of aliphatic imine (C=N–C) groups is 1. The first-order valence-corrected chi connectivity index (χ1v) is 5.53. The smallest absolute Gasteiger partial charge is 0.338 e. The second-order valence-corrected chi connectivity index (χ2v) is 3.37. The number of benzene rings is 1. The minimum absolute atomic E-state index is 0.229. The maximum Gasteiger partial charge on any atom is 0.338 e. The molecule has 1 rings (SSSR count). The molecule has 3 nitrogen and oxygen atoms in total. The molecule has 0 saturated heterocycles. The summed E-state index contributed by atoms with van der Waals surface area (Å²) in [5.74, 6) is -0.296. The fraction of sp³-hybridized carbons (Fsp3) is 0.385. The van der Waals surface area contributed by atoms with Crippen molar-refractivity contribution < 1.29 is 9.53 Å². The van der Waals surface area contributed by atoms with Crippen molar-refractivity contribution in [2.45, 2.75) is 26.4 Å². The van der Waals surface area contributed by atoms with Crippen molar-refractivity contribution in [2.24, 2.45) is 4.99 Å². The molecule has 0 saturated carbocycles. The molecule has 0 heterocycles. The summed E-state index contributed by atoms with van der Waals surface area (Å²) >= 11 is 0. The summed E-state index contributed by atoms with van der Waals surface area (Å²) in [5, 5.41) is 0. The van der Waals surface area contributed by atoms with Gasteiger partial charge in [-0.3, -0.25) is 4.99 Å². The number of carbonyl (C=O) groups is 1. The minimum atomic E-state index is -0.296. The van der Waals surface area contributed by atoms with Crippen LogP contribution in [0.15, 0.2) is 35.3 Å². The second-order valence-electron chi connectivity index (χ2n) is 3.37. The summed E-state index contributed by atoms with van der Waals surface area (Å²) in [7, 11) is 0. The standard InChI is InChI=1S/C13H17NO2/c1-3-12(10-14-4-2)16-13(15)11-8-6-5-7-9-11/h5-10,12H,3-4H2,1-2H3. The molecule has 86 valence electrons. The SMILES string of the molecule is CCN=CC(CC)OC(=O)c1ccccc1. The predicted molar refractivity (Wildman–Crippen MR) is 65.0 cm³/mol. The first-order valence-electron chi connectivity index (χ1n) is 5.53. The van der Waals surface area contributed by atoms with Crippen LogP contribution in [0, 0.1) is 0 Å². The highest BCUT2D eigenvalue weighted by molar-refractivity contribution is 5.90. The highest BCUT2D eigenvalue weighted by Gasteiger charge is 2.11. The Morgan fingerprint density at radius 1 is 1.38 bits per heavy atom. The number of hydrogen-bond acceptors (Lipinski definition) is 3. The van der Waals surface area contributed by atoms with Crippen molar-refractivity contribution in [1.29, 1.82) is 0 Å². The van der Waals surface area contributed by atoms with Crippen molar-refractivity contribution in [1.82, 2.24) is 0 Å². The van der Waals surface area contributed by atoms with Gasteiger partial charge < -0.3 is 4.74 Å². The molecule has 0 N–H and O–H groups in total. The number of rotatable bonds is 5. The lowest BCUT2D eigenvalue weighted by molar-refractivity contribution is 0.0427. The second kappa shape index (κ2) is 6.77. The maximum absolute atomic E-state index is 11.7. The van der Waals surface area contributed by atoms with Crippen LogP contribution in [0.4, 0.5) is 0 Å². The lowest BCUT2D eigenvalue weighted by Gasteiger charge is -2.11. The Bertz CT molecular complexity index is 346. The van der Waals surface area contributed by atoms with Gasteiger partial charge in [-0.15, -0.1) is 0 Å². The van der Waals surface area contributed by atoms with Crippen LogP contribution in [-0.4, -0.2) is 24.8 Å². The van der Waals surface area contributed by atoms with Crippen molar-refractivity contribution in [3.05, 3.63) is 35.9 Å². The maximum atomic E-state index is 11.7. The minimum Gasteiger partial charge on any atom is -0.453 e. The number of carbonyl (C=O) groups excluding carboxylic acids is 1. The molecular weight excluding hydrogens is 202 g/mol. The van der Waals surface area contributed by atoms with Gasteiger partial charge in [0.25, 0.3) is 0 Å². The van der Waals surface area contributed by atoms with Crippen molar-refractivity contribution in [3.63, 3.8) is 0 Å². The van der Waals surface area contributed by atoms with Crippen molar-refractivity contribution in [2.75, 3.05) is 6.54 Å². The average Bonchev–Trinajstić information content (AvgIpc) is 2.35. The van der Waals surface area contributed by atoms with Crippen LogP contribution in [0.3, 0.4) is 0 Å². The number of ether oxygens (including phenoxy) is 1. The third-order valence-electron chi connectivity index (χ3n) is 2.12. The molecule has 1 unspecified atom stereocenters. The number of nitrogens with zero attached hydrogens (tertiary/aromatic N) is 1. The van der Waals surface area contributed by atoms with E-state index in [1.165, 1.54) is 0 Å². The van der Waals surface area contributed by atoms with Crippen LogP contribution in [0.5, 0.6) is 0 Å². The molecular formula is C13H17NO2. The van der Waals surface area contributed by atoms with E-state index in [1.54, 1.807) is 18.3 Å². The Morgan fingerprint density at radius 3 is 2.62 bits per heavy atom. The Morgan fingerprint density at radius 2 is 2.06 bits per heavy atom. The average molecular weight is 219 g/mol. The van der Waals surface area contributed by atoms with E-state index in [9.17, 15) is 4.79 Å². The molecule has 1 aromatic carbocycles. The van der Waals surface area contributed by atoms with E-state index in [1.807, 2.05) is 32.0 Å². The fourth-order valence-electron chi connectivity index (χ4n) is 1.22. The van der Waals surface area contributed by atoms with E-state index >= 15 is 0 Å². The van der Waals surface area contributed by atoms with Crippen LogP contribution in [0.1, 0.15) is 30.6 Å². The highest BCUT2D eigenvalue weighted by atomic mass is 16.5. The summed E-state index contributed by atoms with van der Waals surface area (Å²) in [5.41, 5.74) is 0.575. The zero-order valence-corrected chi connectivity index (χ0v) is 9.72. The molecule has 0 aliphatic heterocycles. The van der Waals surface area contributed by atoms with E-state index in [0.29, 0.717) is 12.1 Å². The van der Waals surface area contributed by atoms with Gasteiger partial charge in [0.1, 0.15) is 6.10 Å². The van der Waals surface area contributed by atoms with E-state index in [4.69, 9.17) is 4.74 Å². The molecule has 0 aliphatic rings. The Balaban J connectivity index is 2.59. The van der Waals surface area contributed by atoms with Gasteiger partial charge in [0.05, 0.1) is 5.56 Å². The molecule has 0 aliphatic carbocycles. The highest BCUT2D eigenvalue weighted by Crippen LogP contribution is 2.05. The first-order chi connectivity index (χ1) is 7.77. The van der Waals surface area contributed by atoms with Gasteiger partial charge in [0.2, 0.25) is 0 Å². The van der Waals surface area contributed by atoms with Gasteiger partial charge in [-0.05, 0) is 25.5 Å². The topological polar surface area (TPSA) is 38.7 Å². The molecule has 0 amide bonds. The van der Waals surface area contributed by atoms with Crippen LogP contribution in [-0.2, 0) is 4.74 Å². The molecule has 0 fully saturated rings. The predicted octanol–water partition coefficient (Wildman–Crippen LogP) is 2.71. The summed E-state index contributed by atoms with van der Waals surface area (Å²) in [4.78, 5) is 15.8. The number of esters is 1. The van der Waals surface area contributed by atoms with Crippen molar-refractivity contribution in [3.8, 4) is 0 Å². The van der Waals surface area contributed by atoms with Crippen LogP contribution in [0.25, 0.3) is 0 Å².